The van der Waals surface area contributed by atoms with Crippen molar-refractivity contribution in [3.05, 3.63) is 112 Å². The van der Waals surface area contributed by atoms with Gasteiger partial charge in [0.1, 0.15) is 6.10 Å². The third kappa shape index (κ3) is 2.48. The summed E-state index contributed by atoms with van der Waals surface area (Å²) in [5, 5.41) is 22.6. The summed E-state index contributed by atoms with van der Waals surface area (Å²) in [4.78, 5) is 0. The molecule has 0 amide bonds. The average molecular weight is 354 g/mol. The van der Waals surface area contributed by atoms with Gasteiger partial charge in [0, 0.05) is 5.41 Å². The summed E-state index contributed by atoms with van der Waals surface area (Å²) in [6.45, 7) is 0. The minimum atomic E-state index is -0.672. The molecule has 5 rings (SSSR count). The van der Waals surface area contributed by atoms with Crippen LogP contribution < -0.4 is 0 Å². The van der Waals surface area contributed by atoms with Gasteiger partial charge in [-0.1, -0.05) is 84.9 Å². The molecule has 2 nitrogen and oxygen atoms in total. The van der Waals surface area contributed by atoms with Crippen LogP contribution in [0.4, 0.5) is 0 Å². The molecule has 1 unspecified atom stereocenters. The largest absolute Gasteiger partial charge is 0.387 e. The van der Waals surface area contributed by atoms with Gasteiger partial charge in [0.2, 0.25) is 0 Å². The Morgan fingerprint density at radius 1 is 0.778 bits per heavy atom. The van der Waals surface area contributed by atoms with Crippen LogP contribution in [0.1, 0.15) is 40.0 Å². The predicted octanol–water partition coefficient (Wildman–Crippen LogP) is 4.64. The van der Waals surface area contributed by atoms with Crippen molar-refractivity contribution in [2.75, 3.05) is 0 Å². The first kappa shape index (κ1) is 16.5. The molecule has 134 valence electrons. The van der Waals surface area contributed by atoms with Crippen molar-refractivity contribution in [1.29, 1.82) is 0 Å². The van der Waals surface area contributed by atoms with E-state index in [2.05, 4.69) is 24.3 Å². The molecule has 0 fully saturated rings. The Labute approximate surface area is 159 Å². The molecule has 0 aromatic heterocycles. The Bertz CT molecular complexity index is 1020. The average Bonchev–Trinajstić information content (AvgIpc) is 3.19. The maximum absolute atomic E-state index is 11.5. The van der Waals surface area contributed by atoms with Gasteiger partial charge >= 0.3 is 0 Å². The Kier molecular flexibility index (Phi) is 3.78. The van der Waals surface area contributed by atoms with Crippen LogP contribution in [0.5, 0.6) is 0 Å². The van der Waals surface area contributed by atoms with Crippen LogP contribution in [-0.2, 0) is 12.8 Å². The van der Waals surface area contributed by atoms with E-state index in [1.165, 1.54) is 11.1 Å². The number of hydrogen-bond donors (Lipinski definition) is 2. The minimum Gasteiger partial charge on any atom is -0.387 e. The lowest BCUT2D eigenvalue weighted by atomic mass is 9.69. The van der Waals surface area contributed by atoms with Crippen LogP contribution in [0, 0.1) is 5.41 Å². The lowest BCUT2D eigenvalue weighted by molar-refractivity contribution is 0.0463. The van der Waals surface area contributed by atoms with Gasteiger partial charge in [0.25, 0.3) is 0 Å². The van der Waals surface area contributed by atoms with Crippen molar-refractivity contribution >= 4 is 6.08 Å². The zero-order valence-corrected chi connectivity index (χ0v) is 15.0. The molecular weight excluding hydrogens is 332 g/mol. The molecule has 0 bridgehead atoms. The molecule has 0 heterocycles. The standard InChI is InChI=1S/C25H22O2/c26-23-20-12-6-4-10-18(20)14-22(23)25(15-17-8-2-1-3-9-17)16-19-11-5-7-13-21(19)24(25)27/h1-14,23-24,26-27H,15-16H2/t23?,24-,25+/m1/s1. The van der Waals surface area contributed by atoms with Gasteiger partial charge in [0.05, 0.1) is 6.10 Å². The van der Waals surface area contributed by atoms with Crippen LogP contribution in [0.25, 0.3) is 6.08 Å². The SMILES string of the molecule is OC1C([C@]2(Cc3ccccc3)Cc3ccccc3[C@H]2O)=Cc2ccccc21. The fraction of sp³-hybridized carbons (Fsp3) is 0.200. The summed E-state index contributed by atoms with van der Waals surface area (Å²) in [5.74, 6) is 0. The van der Waals surface area contributed by atoms with Crippen LogP contribution in [0.2, 0.25) is 0 Å². The van der Waals surface area contributed by atoms with Crippen LogP contribution >= 0.6 is 0 Å². The maximum Gasteiger partial charge on any atom is 0.102 e. The molecule has 0 radical (unpaired) electrons. The third-order valence-corrected chi connectivity index (χ3v) is 6.21. The Morgan fingerprint density at radius 3 is 2.19 bits per heavy atom. The third-order valence-electron chi connectivity index (χ3n) is 6.21. The van der Waals surface area contributed by atoms with Crippen LogP contribution in [0.15, 0.2) is 84.4 Å². The number of rotatable bonds is 3. The molecule has 0 aliphatic heterocycles. The highest BCUT2D eigenvalue weighted by Gasteiger charge is 2.51. The zero-order valence-electron chi connectivity index (χ0n) is 15.0. The van der Waals surface area contributed by atoms with Crippen molar-refractivity contribution in [2.45, 2.75) is 25.0 Å². The van der Waals surface area contributed by atoms with Gasteiger partial charge < -0.3 is 10.2 Å². The second-order valence-electron chi connectivity index (χ2n) is 7.73. The summed E-state index contributed by atoms with van der Waals surface area (Å²) in [5.41, 5.74) is 5.70. The van der Waals surface area contributed by atoms with E-state index < -0.39 is 17.6 Å². The second-order valence-corrected chi connectivity index (χ2v) is 7.73. The van der Waals surface area contributed by atoms with Crippen molar-refractivity contribution in [2.24, 2.45) is 5.41 Å². The number of aliphatic hydroxyl groups is 2. The van der Waals surface area contributed by atoms with E-state index in [-0.39, 0.29) is 0 Å². The first-order valence-corrected chi connectivity index (χ1v) is 9.48. The summed E-state index contributed by atoms with van der Waals surface area (Å²) < 4.78 is 0. The molecule has 2 aliphatic rings. The van der Waals surface area contributed by atoms with Crippen molar-refractivity contribution in [1.82, 2.24) is 0 Å². The summed E-state index contributed by atoms with van der Waals surface area (Å²) in [6, 6.07) is 26.4. The Hall–Kier alpha value is -2.68. The maximum atomic E-state index is 11.5. The van der Waals surface area contributed by atoms with Gasteiger partial charge in [0.15, 0.2) is 0 Å². The molecule has 3 atom stereocenters. The molecule has 2 heteroatoms. The number of fused-ring (bicyclic) bond motifs is 2. The number of aliphatic hydroxyl groups excluding tert-OH is 2. The molecule has 2 aliphatic carbocycles. The highest BCUT2D eigenvalue weighted by atomic mass is 16.3. The van der Waals surface area contributed by atoms with Crippen molar-refractivity contribution < 1.29 is 10.2 Å². The van der Waals surface area contributed by atoms with Gasteiger partial charge in [-0.15, -0.1) is 0 Å². The van der Waals surface area contributed by atoms with Gasteiger partial charge in [-0.05, 0) is 46.2 Å². The topological polar surface area (TPSA) is 40.5 Å². The summed E-state index contributed by atoms with van der Waals surface area (Å²) in [7, 11) is 0. The summed E-state index contributed by atoms with van der Waals surface area (Å²) >= 11 is 0. The molecular formula is C25H22O2. The minimum absolute atomic E-state index is 0.538. The zero-order chi connectivity index (χ0) is 18.4. The van der Waals surface area contributed by atoms with E-state index >= 15 is 0 Å². The second kappa shape index (κ2) is 6.19. The van der Waals surface area contributed by atoms with Crippen molar-refractivity contribution in [3.63, 3.8) is 0 Å². The first-order chi connectivity index (χ1) is 13.2. The lowest BCUT2D eigenvalue weighted by Gasteiger charge is -2.37. The molecule has 2 N–H and O–H groups in total. The molecule has 3 aromatic rings. The van der Waals surface area contributed by atoms with Crippen LogP contribution in [-0.4, -0.2) is 10.2 Å². The van der Waals surface area contributed by atoms with E-state index in [1.807, 2.05) is 60.7 Å². The van der Waals surface area contributed by atoms with Crippen LogP contribution in [0.3, 0.4) is 0 Å². The fourth-order valence-electron chi connectivity index (χ4n) is 4.90. The molecule has 3 aromatic carbocycles. The van der Waals surface area contributed by atoms with Crippen molar-refractivity contribution in [3.8, 4) is 0 Å². The number of benzene rings is 3. The molecule has 0 saturated carbocycles. The van der Waals surface area contributed by atoms with Gasteiger partial charge in [-0.2, -0.15) is 0 Å². The van der Waals surface area contributed by atoms with E-state index in [9.17, 15) is 10.2 Å². The fourth-order valence-corrected chi connectivity index (χ4v) is 4.90. The summed E-state index contributed by atoms with van der Waals surface area (Å²) in [6.07, 6.45) is 2.22. The highest BCUT2D eigenvalue weighted by molar-refractivity contribution is 5.68. The van der Waals surface area contributed by atoms with E-state index in [0.29, 0.717) is 6.42 Å². The Morgan fingerprint density at radius 2 is 1.44 bits per heavy atom. The predicted molar refractivity (Wildman–Crippen MR) is 107 cm³/mol. The smallest absolute Gasteiger partial charge is 0.102 e. The Balaban J connectivity index is 1.65. The normalized spacial score (nSPS) is 25.8. The van der Waals surface area contributed by atoms with E-state index in [1.54, 1.807) is 0 Å². The lowest BCUT2D eigenvalue weighted by Crippen LogP contribution is -2.33. The highest BCUT2D eigenvalue weighted by Crippen LogP contribution is 2.57. The molecule has 0 saturated heterocycles. The molecule has 27 heavy (non-hydrogen) atoms. The van der Waals surface area contributed by atoms with E-state index in [0.717, 1.165) is 28.7 Å². The van der Waals surface area contributed by atoms with Gasteiger partial charge in [-0.25, -0.2) is 0 Å². The monoisotopic (exact) mass is 354 g/mol. The quantitative estimate of drug-likeness (QED) is 0.720. The van der Waals surface area contributed by atoms with E-state index in [4.69, 9.17) is 0 Å². The first-order valence-electron chi connectivity index (χ1n) is 9.48. The molecule has 0 spiro atoms. The number of hydrogen-bond acceptors (Lipinski definition) is 2. The van der Waals surface area contributed by atoms with Gasteiger partial charge in [-0.3, -0.25) is 0 Å².